The summed E-state index contributed by atoms with van der Waals surface area (Å²) in [5.41, 5.74) is 2.13. The molecule has 1 N–H and O–H groups in total. The molecule has 3 rings (SSSR count). The minimum atomic E-state index is -0.775. The first-order valence-electron chi connectivity index (χ1n) is 9.05. The molecule has 1 aromatic carbocycles. The molecule has 2 aromatic rings. The number of likely N-dealkylation sites (N-methyl/N-ethyl adjacent to an activating group) is 1. The molecule has 0 saturated carbocycles. The van der Waals surface area contributed by atoms with Gasteiger partial charge in [-0.25, -0.2) is 0 Å². The zero-order chi connectivity index (χ0) is 18.5. The highest BCUT2D eigenvalue weighted by molar-refractivity contribution is 5.69. The number of nitrogens with zero attached hydrogens (tertiary/aromatic N) is 4. The highest BCUT2D eigenvalue weighted by atomic mass is 16.5. The lowest BCUT2D eigenvalue weighted by Crippen LogP contribution is -2.36. The van der Waals surface area contributed by atoms with Gasteiger partial charge in [0.2, 0.25) is 11.7 Å². The van der Waals surface area contributed by atoms with E-state index in [0.29, 0.717) is 24.3 Å². The van der Waals surface area contributed by atoms with Crippen LogP contribution in [-0.4, -0.2) is 63.7 Å². The Morgan fingerprint density at radius 2 is 2.23 bits per heavy atom. The van der Waals surface area contributed by atoms with Gasteiger partial charge in [0.05, 0.1) is 13.1 Å². The van der Waals surface area contributed by atoms with Gasteiger partial charge in [-0.05, 0) is 45.8 Å². The third kappa shape index (κ3) is 4.89. The first kappa shape index (κ1) is 18.5. The SMILES string of the molecule is Cc1cccc(-c2noc(CN3CCCC(N(C)CC(=O)O)CC3)n2)c1. The number of rotatable bonds is 6. The second-order valence-corrected chi connectivity index (χ2v) is 7.05. The van der Waals surface area contributed by atoms with Crippen molar-refractivity contribution in [2.24, 2.45) is 0 Å². The van der Waals surface area contributed by atoms with Crippen LogP contribution in [0.3, 0.4) is 0 Å². The minimum absolute atomic E-state index is 0.0914. The van der Waals surface area contributed by atoms with Crippen LogP contribution in [0.1, 0.15) is 30.7 Å². The minimum Gasteiger partial charge on any atom is -0.480 e. The van der Waals surface area contributed by atoms with Crippen molar-refractivity contribution in [1.82, 2.24) is 19.9 Å². The average Bonchev–Trinajstić information content (AvgIpc) is 2.92. The maximum Gasteiger partial charge on any atom is 0.317 e. The molecule has 0 aliphatic carbocycles. The summed E-state index contributed by atoms with van der Waals surface area (Å²) in [7, 11) is 1.89. The number of likely N-dealkylation sites (tertiary alicyclic amines) is 1. The molecule has 0 bridgehead atoms. The van der Waals surface area contributed by atoms with E-state index in [1.165, 1.54) is 0 Å². The summed E-state index contributed by atoms with van der Waals surface area (Å²) in [6, 6.07) is 8.37. The number of aromatic nitrogens is 2. The van der Waals surface area contributed by atoms with Gasteiger partial charge in [-0.1, -0.05) is 28.9 Å². The van der Waals surface area contributed by atoms with Gasteiger partial charge in [0.1, 0.15) is 0 Å². The predicted molar refractivity (Wildman–Crippen MR) is 97.7 cm³/mol. The third-order valence-electron chi connectivity index (χ3n) is 4.90. The Bertz CT molecular complexity index is 746. The van der Waals surface area contributed by atoms with Crippen molar-refractivity contribution in [1.29, 1.82) is 0 Å². The van der Waals surface area contributed by atoms with E-state index < -0.39 is 5.97 Å². The molecule has 0 spiro atoms. The quantitative estimate of drug-likeness (QED) is 0.849. The van der Waals surface area contributed by atoms with Crippen LogP contribution < -0.4 is 0 Å². The number of benzene rings is 1. The molecule has 7 nitrogen and oxygen atoms in total. The molecule has 1 saturated heterocycles. The number of hydrogen-bond donors (Lipinski definition) is 1. The molecule has 1 unspecified atom stereocenters. The summed E-state index contributed by atoms with van der Waals surface area (Å²) in [5, 5.41) is 13.1. The summed E-state index contributed by atoms with van der Waals surface area (Å²) < 4.78 is 5.44. The highest BCUT2D eigenvalue weighted by Crippen LogP contribution is 2.20. The van der Waals surface area contributed by atoms with E-state index in [2.05, 4.69) is 15.0 Å². The Balaban J connectivity index is 1.57. The van der Waals surface area contributed by atoms with Crippen LogP contribution >= 0.6 is 0 Å². The van der Waals surface area contributed by atoms with Gasteiger partial charge in [-0.2, -0.15) is 4.98 Å². The Kier molecular flexibility index (Phi) is 6.00. The molecule has 1 aliphatic rings. The van der Waals surface area contributed by atoms with Gasteiger partial charge in [-0.3, -0.25) is 14.6 Å². The largest absolute Gasteiger partial charge is 0.480 e. The molecule has 140 valence electrons. The first-order valence-corrected chi connectivity index (χ1v) is 9.05. The molecule has 1 atom stereocenters. The van der Waals surface area contributed by atoms with Crippen molar-refractivity contribution in [3.63, 3.8) is 0 Å². The van der Waals surface area contributed by atoms with Gasteiger partial charge in [0.25, 0.3) is 0 Å². The van der Waals surface area contributed by atoms with E-state index in [1.807, 2.05) is 43.1 Å². The summed E-state index contributed by atoms with van der Waals surface area (Å²) in [6.07, 6.45) is 2.99. The number of aliphatic carboxylic acids is 1. The fourth-order valence-corrected chi connectivity index (χ4v) is 3.49. The second kappa shape index (κ2) is 8.42. The van der Waals surface area contributed by atoms with Gasteiger partial charge in [0.15, 0.2) is 0 Å². The summed E-state index contributed by atoms with van der Waals surface area (Å²) in [5.74, 6) is 0.472. The average molecular weight is 358 g/mol. The van der Waals surface area contributed by atoms with E-state index >= 15 is 0 Å². The summed E-state index contributed by atoms with van der Waals surface area (Å²) in [4.78, 5) is 19.7. The van der Waals surface area contributed by atoms with Gasteiger partial charge in [0, 0.05) is 18.2 Å². The van der Waals surface area contributed by atoms with Crippen molar-refractivity contribution >= 4 is 5.97 Å². The maximum atomic E-state index is 10.9. The van der Waals surface area contributed by atoms with E-state index in [9.17, 15) is 4.79 Å². The van der Waals surface area contributed by atoms with Crippen molar-refractivity contribution in [2.45, 2.75) is 38.8 Å². The second-order valence-electron chi connectivity index (χ2n) is 7.05. The van der Waals surface area contributed by atoms with Crippen LogP contribution in [0.25, 0.3) is 11.4 Å². The molecule has 2 heterocycles. The molecule has 26 heavy (non-hydrogen) atoms. The lowest BCUT2D eigenvalue weighted by Gasteiger charge is -2.25. The standard InChI is InChI=1S/C19H26N4O3/c1-14-5-3-6-15(11-14)19-20-17(26-21-19)12-23-9-4-7-16(8-10-23)22(2)13-18(24)25/h3,5-6,11,16H,4,7-10,12-13H2,1-2H3,(H,24,25). The maximum absolute atomic E-state index is 10.9. The van der Waals surface area contributed by atoms with Gasteiger partial charge >= 0.3 is 5.97 Å². The number of aryl methyl sites for hydroxylation is 1. The normalized spacial score (nSPS) is 18.8. The number of hydrogen-bond acceptors (Lipinski definition) is 6. The van der Waals surface area contributed by atoms with Crippen LogP contribution in [0.2, 0.25) is 0 Å². The Morgan fingerprint density at radius 3 is 3.00 bits per heavy atom. The molecule has 1 aliphatic heterocycles. The van der Waals surface area contributed by atoms with E-state index in [0.717, 1.165) is 43.5 Å². The van der Waals surface area contributed by atoms with E-state index in [4.69, 9.17) is 9.63 Å². The molecular weight excluding hydrogens is 332 g/mol. The molecule has 0 amide bonds. The predicted octanol–water partition coefficient (Wildman–Crippen LogP) is 2.42. The van der Waals surface area contributed by atoms with Crippen LogP contribution in [0.5, 0.6) is 0 Å². The van der Waals surface area contributed by atoms with E-state index in [1.54, 1.807) is 0 Å². The van der Waals surface area contributed by atoms with Crippen LogP contribution in [0.15, 0.2) is 28.8 Å². The van der Waals surface area contributed by atoms with Crippen LogP contribution in [-0.2, 0) is 11.3 Å². The Morgan fingerprint density at radius 1 is 1.38 bits per heavy atom. The van der Waals surface area contributed by atoms with Gasteiger partial charge in [-0.15, -0.1) is 0 Å². The van der Waals surface area contributed by atoms with Crippen LogP contribution in [0, 0.1) is 6.92 Å². The number of carbonyl (C=O) groups is 1. The molecule has 1 aromatic heterocycles. The van der Waals surface area contributed by atoms with Crippen LogP contribution in [0.4, 0.5) is 0 Å². The zero-order valence-electron chi connectivity index (χ0n) is 15.4. The summed E-state index contributed by atoms with van der Waals surface area (Å²) >= 11 is 0. The lowest BCUT2D eigenvalue weighted by atomic mass is 10.1. The number of carboxylic acids is 1. The molecular formula is C19H26N4O3. The first-order chi connectivity index (χ1) is 12.5. The number of carboxylic acid groups (broad SMARTS) is 1. The van der Waals surface area contributed by atoms with Gasteiger partial charge < -0.3 is 9.63 Å². The topological polar surface area (TPSA) is 82.7 Å². The lowest BCUT2D eigenvalue weighted by molar-refractivity contribution is -0.138. The fraction of sp³-hybridized carbons (Fsp3) is 0.526. The highest BCUT2D eigenvalue weighted by Gasteiger charge is 2.22. The summed E-state index contributed by atoms with van der Waals surface area (Å²) in [6.45, 7) is 4.62. The Labute approximate surface area is 153 Å². The monoisotopic (exact) mass is 358 g/mol. The Hall–Kier alpha value is -2.25. The molecule has 1 fully saturated rings. The van der Waals surface area contributed by atoms with Crippen molar-refractivity contribution in [3.05, 3.63) is 35.7 Å². The molecule has 7 heteroatoms. The third-order valence-corrected chi connectivity index (χ3v) is 4.90. The smallest absolute Gasteiger partial charge is 0.317 e. The van der Waals surface area contributed by atoms with Crippen molar-refractivity contribution in [3.8, 4) is 11.4 Å². The van der Waals surface area contributed by atoms with Crippen molar-refractivity contribution < 1.29 is 14.4 Å². The zero-order valence-corrected chi connectivity index (χ0v) is 15.4. The molecule has 0 radical (unpaired) electrons. The van der Waals surface area contributed by atoms with E-state index in [-0.39, 0.29) is 6.54 Å². The van der Waals surface area contributed by atoms with Crippen molar-refractivity contribution in [2.75, 3.05) is 26.7 Å². The fourth-order valence-electron chi connectivity index (χ4n) is 3.49.